The molecule has 0 saturated carbocycles. The molecule has 5 heteroatoms. The molecule has 124 valence electrons. The van der Waals surface area contributed by atoms with Gasteiger partial charge in [-0.3, -0.25) is 0 Å². The summed E-state index contributed by atoms with van der Waals surface area (Å²) in [5, 5.41) is 17.3. The van der Waals surface area contributed by atoms with Crippen molar-refractivity contribution in [2.24, 2.45) is 0 Å². The van der Waals surface area contributed by atoms with E-state index >= 15 is 0 Å². The Morgan fingerprint density at radius 3 is 2.71 bits per heavy atom. The van der Waals surface area contributed by atoms with Crippen LogP contribution >= 0.6 is 11.3 Å². The number of hydrogen-bond acceptors (Lipinski definition) is 5. The third-order valence-corrected chi connectivity index (χ3v) is 4.75. The largest absolute Gasteiger partial charge is 0.399 e. The van der Waals surface area contributed by atoms with Crippen molar-refractivity contribution < 1.29 is 5.11 Å². The van der Waals surface area contributed by atoms with Crippen LogP contribution in [0.15, 0.2) is 53.2 Å². The maximum Gasteiger partial charge on any atom is 0.0762 e. The first-order chi connectivity index (χ1) is 11.5. The van der Waals surface area contributed by atoms with E-state index in [9.17, 15) is 5.11 Å². The zero-order chi connectivity index (χ0) is 17.1. The Morgan fingerprint density at radius 2 is 1.92 bits per heavy atom. The molecule has 0 bridgehead atoms. The van der Waals surface area contributed by atoms with Gasteiger partial charge in [-0.15, -0.1) is 0 Å². The van der Waals surface area contributed by atoms with E-state index < -0.39 is 6.10 Å². The lowest BCUT2D eigenvalue weighted by Gasteiger charge is -2.12. The molecular weight excluding hydrogens is 318 g/mol. The highest BCUT2D eigenvalue weighted by Gasteiger charge is 2.10. The van der Waals surface area contributed by atoms with E-state index in [0.29, 0.717) is 12.2 Å². The van der Waals surface area contributed by atoms with Crippen LogP contribution in [-0.2, 0) is 6.54 Å². The van der Waals surface area contributed by atoms with Crippen molar-refractivity contribution in [2.75, 3.05) is 16.8 Å². The van der Waals surface area contributed by atoms with E-state index in [1.54, 1.807) is 18.3 Å². The van der Waals surface area contributed by atoms with Crippen molar-refractivity contribution in [1.29, 1.82) is 0 Å². The van der Waals surface area contributed by atoms with Crippen molar-refractivity contribution in [3.05, 3.63) is 64.4 Å². The van der Waals surface area contributed by atoms with Crippen molar-refractivity contribution in [2.45, 2.75) is 19.6 Å². The van der Waals surface area contributed by atoms with Gasteiger partial charge in [-0.2, -0.15) is 11.3 Å². The molecule has 0 aliphatic heterocycles. The van der Waals surface area contributed by atoms with Gasteiger partial charge in [0.05, 0.1) is 6.10 Å². The van der Waals surface area contributed by atoms with Crippen molar-refractivity contribution in [1.82, 2.24) is 0 Å². The molecule has 1 atom stereocenters. The zero-order valence-electron chi connectivity index (χ0n) is 13.5. The number of anilines is 3. The van der Waals surface area contributed by atoms with E-state index in [4.69, 9.17) is 11.5 Å². The number of thiophene rings is 1. The number of benzene rings is 2. The number of nitrogens with two attached hydrogens (primary N) is 2. The molecule has 3 rings (SSSR count). The predicted octanol–water partition coefficient (Wildman–Crippen LogP) is 4.24. The Hall–Kier alpha value is -2.50. The summed E-state index contributed by atoms with van der Waals surface area (Å²) in [7, 11) is 0. The smallest absolute Gasteiger partial charge is 0.0762 e. The molecule has 1 aromatic heterocycles. The van der Waals surface area contributed by atoms with Gasteiger partial charge in [0.1, 0.15) is 0 Å². The minimum Gasteiger partial charge on any atom is -0.399 e. The van der Waals surface area contributed by atoms with Crippen molar-refractivity contribution in [3.63, 3.8) is 0 Å². The monoisotopic (exact) mass is 339 g/mol. The van der Waals surface area contributed by atoms with Crippen molar-refractivity contribution in [3.8, 4) is 11.1 Å². The Bertz CT molecular complexity index is 842. The standard InChI is InChI=1S/C19H21N3OS/c1-12(23)13-3-2-4-16(7-13)22-9-14-10-24-11-18(14)17-8-15(20)5-6-19(17)21/h2-8,10-12,22-23H,9,20-21H2,1H3. The lowest BCUT2D eigenvalue weighted by Crippen LogP contribution is -2.01. The first kappa shape index (κ1) is 16.4. The van der Waals surface area contributed by atoms with Crippen LogP contribution in [0.4, 0.5) is 17.1 Å². The van der Waals surface area contributed by atoms with E-state index in [1.807, 2.05) is 42.5 Å². The fourth-order valence-electron chi connectivity index (χ4n) is 2.61. The van der Waals surface area contributed by atoms with Gasteiger partial charge in [-0.25, -0.2) is 0 Å². The summed E-state index contributed by atoms with van der Waals surface area (Å²) >= 11 is 1.64. The summed E-state index contributed by atoms with van der Waals surface area (Å²) in [6.45, 7) is 2.44. The average Bonchev–Trinajstić information content (AvgIpc) is 3.03. The van der Waals surface area contributed by atoms with Crippen LogP contribution in [0.2, 0.25) is 0 Å². The number of aliphatic hydroxyl groups is 1. The molecular formula is C19H21N3OS. The maximum atomic E-state index is 9.70. The lowest BCUT2D eigenvalue weighted by atomic mass is 10.0. The summed E-state index contributed by atoms with van der Waals surface area (Å²) in [5.41, 5.74) is 18.5. The van der Waals surface area contributed by atoms with Crippen LogP contribution in [0.5, 0.6) is 0 Å². The second kappa shape index (κ2) is 6.95. The molecule has 0 aliphatic rings. The first-order valence-electron chi connectivity index (χ1n) is 7.77. The molecule has 0 amide bonds. The van der Waals surface area contributed by atoms with E-state index in [1.165, 1.54) is 5.56 Å². The van der Waals surface area contributed by atoms with E-state index in [2.05, 4.69) is 16.1 Å². The van der Waals surface area contributed by atoms with Gasteiger partial charge in [0.15, 0.2) is 0 Å². The fourth-order valence-corrected chi connectivity index (χ4v) is 3.47. The van der Waals surface area contributed by atoms with Gasteiger partial charge in [0, 0.05) is 29.2 Å². The average molecular weight is 339 g/mol. The Labute approximate surface area is 145 Å². The zero-order valence-corrected chi connectivity index (χ0v) is 14.3. The summed E-state index contributed by atoms with van der Waals surface area (Å²) in [6.07, 6.45) is -0.476. The van der Waals surface area contributed by atoms with Gasteiger partial charge >= 0.3 is 0 Å². The molecule has 1 unspecified atom stereocenters. The maximum absolute atomic E-state index is 9.70. The van der Waals surface area contributed by atoms with Crippen LogP contribution in [0.25, 0.3) is 11.1 Å². The van der Waals surface area contributed by atoms with Gasteiger partial charge in [-0.05, 0) is 64.7 Å². The molecule has 24 heavy (non-hydrogen) atoms. The molecule has 6 N–H and O–H groups in total. The molecule has 0 spiro atoms. The quantitative estimate of drug-likeness (QED) is 0.524. The SMILES string of the molecule is CC(O)c1cccc(NCc2cscc2-c2cc(N)ccc2N)c1. The Balaban J connectivity index is 1.82. The number of hydrogen-bond donors (Lipinski definition) is 4. The van der Waals surface area contributed by atoms with Gasteiger partial charge in [0.2, 0.25) is 0 Å². The van der Waals surface area contributed by atoms with E-state index in [0.717, 1.165) is 28.1 Å². The molecule has 0 radical (unpaired) electrons. The highest BCUT2D eigenvalue weighted by molar-refractivity contribution is 7.08. The second-order valence-corrected chi connectivity index (χ2v) is 6.56. The Morgan fingerprint density at radius 1 is 1.08 bits per heavy atom. The molecule has 2 aromatic carbocycles. The van der Waals surface area contributed by atoms with Crippen LogP contribution in [0, 0.1) is 0 Å². The molecule has 0 fully saturated rings. The highest BCUT2D eigenvalue weighted by Crippen LogP contribution is 2.33. The van der Waals surface area contributed by atoms with Gasteiger partial charge in [-0.1, -0.05) is 12.1 Å². The molecule has 3 aromatic rings. The molecule has 4 nitrogen and oxygen atoms in total. The fraction of sp³-hybridized carbons (Fsp3) is 0.158. The van der Waals surface area contributed by atoms with Crippen LogP contribution in [0.3, 0.4) is 0 Å². The molecule has 1 heterocycles. The second-order valence-electron chi connectivity index (χ2n) is 5.81. The minimum absolute atomic E-state index is 0.476. The number of rotatable bonds is 5. The Kier molecular flexibility index (Phi) is 4.74. The van der Waals surface area contributed by atoms with Crippen LogP contribution in [-0.4, -0.2) is 5.11 Å². The molecule has 0 saturated heterocycles. The summed E-state index contributed by atoms with van der Waals surface area (Å²) in [4.78, 5) is 0. The summed E-state index contributed by atoms with van der Waals surface area (Å²) in [5.74, 6) is 0. The third-order valence-electron chi connectivity index (χ3n) is 3.96. The topological polar surface area (TPSA) is 84.3 Å². The first-order valence-corrected chi connectivity index (χ1v) is 8.71. The normalized spacial score (nSPS) is 12.1. The van der Waals surface area contributed by atoms with Crippen molar-refractivity contribution >= 4 is 28.4 Å². The number of aliphatic hydroxyl groups excluding tert-OH is 1. The van der Waals surface area contributed by atoms with E-state index in [-0.39, 0.29) is 0 Å². The predicted molar refractivity (Wildman–Crippen MR) is 103 cm³/mol. The van der Waals surface area contributed by atoms with Gasteiger partial charge < -0.3 is 21.9 Å². The summed E-state index contributed by atoms with van der Waals surface area (Å²) in [6, 6.07) is 13.4. The van der Waals surface area contributed by atoms with Gasteiger partial charge in [0.25, 0.3) is 0 Å². The van der Waals surface area contributed by atoms with Crippen LogP contribution < -0.4 is 16.8 Å². The minimum atomic E-state index is -0.476. The highest BCUT2D eigenvalue weighted by atomic mass is 32.1. The lowest BCUT2D eigenvalue weighted by molar-refractivity contribution is 0.199. The number of nitrogen functional groups attached to an aromatic ring is 2. The third kappa shape index (κ3) is 3.53. The molecule has 0 aliphatic carbocycles. The summed E-state index contributed by atoms with van der Waals surface area (Å²) < 4.78 is 0. The number of nitrogens with one attached hydrogen (secondary N) is 1. The van der Waals surface area contributed by atoms with Crippen LogP contribution in [0.1, 0.15) is 24.2 Å².